The zero-order chi connectivity index (χ0) is 14.2. The normalized spacial score (nSPS) is 30.2. The lowest BCUT2D eigenvalue weighted by atomic mass is 9.79. The van der Waals surface area contributed by atoms with Crippen LogP contribution in [0.1, 0.15) is 57.2 Å². The van der Waals surface area contributed by atoms with Crippen LogP contribution in [0.3, 0.4) is 0 Å². The Bertz CT molecular complexity index is 538. The summed E-state index contributed by atoms with van der Waals surface area (Å²) >= 11 is 0. The molecule has 20 heavy (non-hydrogen) atoms. The first kappa shape index (κ1) is 13.6. The number of anilines is 1. The topological polar surface area (TPSA) is 78.0 Å². The number of aliphatic hydroxyl groups is 1. The van der Waals surface area contributed by atoms with Gasteiger partial charge in [0.05, 0.1) is 5.60 Å². The summed E-state index contributed by atoms with van der Waals surface area (Å²) in [5.41, 5.74) is -0.782. The third-order valence-corrected chi connectivity index (χ3v) is 4.39. The van der Waals surface area contributed by atoms with Gasteiger partial charge in [-0.05, 0) is 31.6 Å². The van der Waals surface area contributed by atoms with Crippen molar-refractivity contribution in [1.29, 1.82) is 0 Å². The second-order valence-electron chi connectivity index (χ2n) is 6.57. The highest BCUT2D eigenvalue weighted by molar-refractivity contribution is 5.34. The number of H-pyrrole nitrogens is 1. The van der Waals surface area contributed by atoms with Gasteiger partial charge in [0.25, 0.3) is 5.56 Å². The first-order chi connectivity index (χ1) is 9.54. The molecular weight excluding hydrogens is 254 g/mol. The maximum Gasteiger partial charge on any atom is 0.252 e. The summed E-state index contributed by atoms with van der Waals surface area (Å²) < 4.78 is 0. The molecule has 2 aliphatic rings. The van der Waals surface area contributed by atoms with Gasteiger partial charge in [-0.15, -0.1) is 0 Å². The highest BCUT2D eigenvalue weighted by Gasteiger charge is 2.32. The van der Waals surface area contributed by atoms with Crippen LogP contribution in [0.4, 0.5) is 5.82 Å². The molecule has 110 valence electrons. The van der Waals surface area contributed by atoms with E-state index in [1.807, 2.05) is 0 Å². The molecule has 2 fully saturated rings. The van der Waals surface area contributed by atoms with E-state index < -0.39 is 5.60 Å². The smallest absolute Gasteiger partial charge is 0.252 e. The van der Waals surface area contributed by atoms with Gasteiger partial charge in [-0.25, -0.2) is 4.98 Å². The van der Waals surface area contributed by atoms with Crippen molar-refractivity contribution in [3.63, 3.8) is 0 Å². The average molecular weight is 277 g/mol. The SMILES string of the molecule is CC1CCCC(O)(CNc2cc(=O)[nH]c(C3CC3)n2)C1. The second kappa shape index (κ2) is 5.20. The van der Waals surface area contributed by atoms with Crippen molar-refractivity contribution in [2.45, 2.75) is 57.0 Å². The van der Waals surface area contributed by atoms with Crippen LogP contribution in [0.2, 0.25) is 0 Å². The molecule has 5 heteroatoms. The summed E-state index contributed by atoms with van der Waals surface area (Å²) in [4.78, 5) is 18.9. The Labute approximate surface area is 118 Å². The number of aromatic amines is 1. The molecular formula is C15H23N3O2. The Morgan fingerprint density at radius 3 is 3.00 bits per heavy atom. The molecule has 0 aromatic carbocycles. The van der Waals surface area contributed by atoms with Crippen molar-refractivity contribution in [3.8, 4) is 0 Å². The van der Waals surface area contributed by atoms with Gasteiger partial charge in [0.15, 0.2) is 0 Å². The van der Waals surface area contributed by atoms with Gasteiger partial charge in [0.1, 0.15) is 11.6 Å². The van der Waals surface area contributed by atoms with Gasteiger partial charge in [0.2, 0.25) is 0 Å². The molecule has 0 saturated heterocycles. The molecule has 2 unspecified atom stereocenters. The maximum atomic E-state index is 11.6. The summed E-state index contributed by atoms with van der Waals surface area (Å²) in [5, 5.41) is 13.7. The first-order valence-electron chi connectivity index (χ1n) is 7.62. The van der Waals surface area contributed by atoms with Crippen LogP contribution in [0.25, 0.3) is 0 Å². The predicted octanol–water partition coefficient (Wildman–Crippen LogP) is 2.00. The molecule has 0 aliphatic heterocycles. The van der Waals surface area contributed by atoms with Crippen molar-refractivity contribution < 1.29 is 5.11 Å². The van der Waals surface area contributed by atoms with E-state index in [9.17, 15) is 9.90 Å². The Morgan fingerprint density at radius 1 is 1.50 bits per heavy atom. The zero-order valence-corrected chi connectivity index (χ0v) is 12.0. The van der Waals surface area contributed by atoms with Gasteiger partial charge in [-0.2, -0.15) is 0 Å². The van der Waals surface area contributed by atoms with E-state index in [2.05, 4.69) is 22.2 Å². The van der Waals surface area contributed by atoms with Crippen LogP contribution < -0.4 is 10.9 Å². The lowest BCUT2D eigenvalue weighted by molar-refractivity contribution is -0.000834. The summed E-state index contributed by atoms with van der Waals surface area (Å²) in [6.45, 7) is 2.65. The minimum Gasteiger partial charge on any atom is -0.388 e. The first-order valence-corrected chi connectivity index (χ1v) is 7.62. The summed E-state index contributed by atoms with van der Waals surface area (Å²) in [5.74, 6) is 2.35. The van der Waals surface area contributed by atoms with Gasteiger partial charge in [0, 0.05) is 18.5 Å². The summed E-state index contributed by atoms with van der Waals surface area (Å²) in [6.07, 6.45) is 6.11. The average Bonchev–Trinajstić information content (AvgIpc) is 3.20. The molecule has 0 bridgehead atoms. The van der Waals surface area contributed by atoms with Crippen molar-refractivity contribution >= 4 is 5.82 Å². The molecule has 1 heterocycles. The van der Waals surface area contributed by atoms with E-state index in [1.165, 1.54) is 12.5 Å². The Morgan fingerprint density at radius 2 is 2.30 bits per heavy atom. The summed E-state index contributed by atoms with van der Waals surface area (Å²) in [6, 6.07) is 1.47. The van der Waals surface area contributed by atoms with E-state index in [4.69, 9.17) is 0 Å². The lowest BCUT2D eigenvalue weighted by Crippen LogP contribution is -2.41. The number of nitrogens with one attached hydrogen (secondary N) is 2. The Kier molecular flexibility index (Phi) is 3.54. The van der Waals surface area contributed by atoms with Gasteiger partial charge in [-0.3, -0.25) is 4.79 Å². The van der Waals surface area contributed by atoms with Crippen LogP contribution >= 0.6 is 0 Å². The maximum absolute atomic E-state index is 11.6. The monoisotopic (exact) mass is 277 g/mol. The number of nitrogens with zero attached hydrogens (tertiary/aromatic N) is 1. The third-order valence-electron chi connectivity index (χ3n) is 4.39. The number of rotatable bonds is 4. The Balaban J connectivity index is 1.67. The second-order valence-corrected chi connectivity index (χ2v) is 6.57. The quantitative estimate of drug-likeness (QED) is 0.786. The van der Waals surface area contributed by atoms with Crippen LogP contribution in [0.5, 0.6) is 0 Å². The zero-order valence-electron chi connectivity index (χ0n) is 12.0. The third kappa shape index (κ3) is 3.20. The van der Waals surface area contributed by atoms with E-state index >= 15 is 0 Å². The number of hydrogen-bond acceptors (Lipinski definition) is 4. The fourth-order valence-corrected chi connectivity index (χ4v) is 3.17. The minimum absolute atomic E-state index is 0.117. The standard InChI is InChI=1S/C15H23N3O2/c1-10-3-2-6-15(20,8-10)9-16-12-7-13(19)18-14(17-12)11-4-5-11/h7,10-11,20H,2-6,8-9H2,1H3,(H2,16,17,18,19). The van der Waals surface area contributed by atoms with Crippen LogP contribution in [-0.2, 0) is 0 Å². The van der Waals surface area contributed by atoms with E-state index in [-0.39, 0.29) is 5.56 Å². The van der Waals surface area contributed by atoms with E-state index in [0.29, 0.717) is 24.2 Å². The van der Waals surface area contributed by atoms with Crippen LogP contribution in [-0.4, -0.2) is 27.2 Å². The highest BCUT2D eigenvalue weighted by atomic mass is 16.3. The predicted molar refractivity (Wildman–Crippen MR) is 77.9 cm³/mol. The molecule has 0 spiro atoms. The fraction of sp³-hybridized carbons (Fsp3) is 0.733. The van der Waals surface area contributed by atoms with Crippen LogP contribution in [0.15, 0.2) is 10.9 Å². The molecule has 1 aromatic rings. The summed E-state index contributed by atoms with van der Waals surface area (Å²) in [7, 11) is 0. The molecule has 2 atom stereocenters. The molecule has 5 nitrogen and oxygen atoms in total. The number of hydrogen-bond donors (Lipinski definition) is 3. The Hall–Kier alpha value is -1.36. The van der Waals surface area contributed by atoms with Crippen molar-refractivity contribution in [1.82, 2.24) is 9.97 Å². The number of aromatic nitrogens is 2. The van der Waals surface area contributed by atoms with Gasteiger partial charge >= 0.3 is 0 Å². The molecule has 0 amide bonds. The van der Waals surface area contributed by atoms with Crippen molar-refractivity contribution in [2.24, 2.45) is 5.92 Å². The van der Waals surface area contributed by atoms with Crippen LogP contribution in [0, 0.1) is 5.92 Å². The minimum atomic E-state index is -0.665. The molecule has 3 N–H and O–H groups in total. The lowest BCUT2D eigenvalue weighted by Gasteiger charge is -2.35. The van der Waals surface area contributed by atoms with Crippen molar-refractivity contribution in [2.75, 3.05) is 11.9 Å². The van der Waals surface area contributed by atoms with E-state index in [1.54, 1.807) is 0 Å². The van der Waals surface area contributed by atoms with E-state index in [0.717, 1.165) is 37.9 Å². The van der Waals surface area contributed by atoms with Gasteiger partial charge in [-0.1, -0.05) is 19.8 Å². The van der Waals surface area contributed by atoms with Crippen molar-refractivity contribution in [3.05, 3.63) is 22.2 Å². The fourth-order valence-electron chi connectivity index (χ4n) is 3.17. The largest absolute Gasteiger partial charge is 0.388 e. The molecule has 0 radical (unpaired) electrons. The highest BCUT2D eigenvalue weighted by Crippen LogP contribution is 2.38. The van der Waals surface area contributed by atoms with Gasteiger partial charge < -0.3 is 15.4 Å². The molecule has 2 saturated carbocycles. The molecule has 1 aromatic heterocycles. The molecule has 2 aliphatic carbocycles. The molecule has 3 rings (SSSR count).